The number of rotatable bonds is 9. The van der Waals surface area contributed by atoms with Gasteiger partial charge in [-0.25, -0.2) is 4.68 Å². The van der Waals surface area contributed by atoms with Crippen LogP contribution in [0.2, 0.25) is 0 Å². The molecular formula is C22H23N5O3. The van der Waals surface area contributed by atoms with E-state index in [-0.39, 0.29) is 18.1 Å². The van der Waals surface area contributed by atoms with E-state index in [0.717, 1.165) is 23.1 Å². The summed E-state index contributed by atoms with van der Waals surface area (Å²) in [6.07, 6.45) is 2.03. The lowest BCUT2D eigenvalue weighted by atomic mass is 9.97. The SMILES string of the molecule is CCCc1c(COc2ccc(Cc3nnnn3CC#N)cc2)ccc(C(C)=O)c1O. The Morgan fingerprint density at radius 2 is 2.00 bits per heavy atom. The zero-order chi connectivity index (χ0) is 21.5. The third-order valence-corrected chi connectivity index (χ3v) is 4.77. The van der Waals surface area contributed by atoms with Crippen molar-refractivity contribution < 1.29 is 14.6 Å². The van der Waals surface area contributed by atoms with Gasteiger partial charge in [0.1, 0.15) is 24.7 Å². The highest BCUT2D eigenvalue weighted by atomic mass is 16.5. The lowest BCUT2D eigenvalue weighted by Crippen LogP contribution is -2.05. The molecular weight excluding hydrogens is 382 g/mol. The van der Waals surface area contributed by atoms with Crippen molar-refractivity contribution in [1.29, 1.82) is 5.26 Å². The van der Waals surface area contributed by atoms with Crippen LogP contribution in [0.25, 0.3) is 0 Å². The van der Waals surface area contributed by atoms with E-state index in [9.17, 15) is 9.90 Å². The van der Waals surface area contributed by atoms with Crippen LogP contribution in [0.4, 0.5) is 0 Å². The van der Waals surface area contributed by atoms with Crippen molar-refractivity contribution in [2.24, 2.45) is 0 Å². The van der Waals surface area contributed by atoms with E-state index in [1.807, 2.05) is 43.3 Å². The minimum atomic E-state index is -0.159. The Morgan fingerprint density at radius 1 is 1.23 bits per heavy atom. The van der Waals surface area contributed by atoms with Crippen LogP contribution in [-0.4, -0.2) is 31.1 Å². The maximum Gasteiger partial charge on any atom is 0.163 e. The summed E-state index contributed by atoms with van der Waals surface area (Å²) in [4.78, 5) is 11.7. The van der Waals surface area contributed by atoms with Gasteiger partial charge in [0, 0.05) is 12.0 Å². The van der Waals surface area contributed by atoms with Gasteiger partial charge in [-0.1, -0.05) is 31.5 Å². The molecule has 154 valence electrons. The normalized spacial score (nSPS) is 10.6. The van der Waals surface area contributed by atoms with Crippen LogP contribution in [0.3, 0.4) is 0 Å². The minimum absolute atomic E-state index is 0.0517. The number of phenolic OH excluding ortho intramolecular Hbond substituents is 1. The number of aromatic nitrogens is 4. The molecule has 3 aromatic rings. The smallest absolute Gasteiger partial charge is 0.163 e. The number of ether oxygens (including phenoxy) is 1. The first-order valence-electron chi connectivity index (χ1n) is 9.71. The molecule has 2 aromatic carbocycles. The number of nitriles is 1. The van der Waals surface area contributed by atoms with E-state index < -0.39 is 0 Å². The molecule has 0 aliphatic rings. The van der Waals surface area contributed by atoms with Crippen LogP contribution < -0.4 is 4.74 Å². The van der Waals surface area contributed by atoms with E-state index in [1.54, 1.807) is 6.07 Å². The Hall–Kier alpha value is -3.73. The molecule has 1 heterocycles. The van der Waals surface area contributed by atoms with Crippen molar-refractivity contribution in [3.05, 3.63) is 64.5 Å². The Balaban J connectivity index is 1.69. The Labute approximate surface area is 174 Å². The number of carbonyl (C=O) groups is 1. The largest absolute Gasteiger partial charge is 0.507 e. The minimum Gasteiger partial charge on any atom is -0.507 e. The monoisotopic (exact) mass is 405 g/mol. The predicted molar refractivity (Wildman–Crippen MR) is 109 cm³/mol. The zero-order valence-electron chi connectivity index (χ0n) is 17.0. The molecule has 0 amide bonds. The number of ketones is 1. The van der Waals surface area contributed by atoms with Crippen LogP contribution in [-0.2, 0) is 26.0 Å². The average molecular weight is 405 g/mol. The lowest BCUT2D eigenvalue weighted by molar-refractivity contribution is 0.101. The van der Waals surface area contributed by atoms with Gasteiger partial charge in [0.15, 0.2) is 11.6 Å². The number of phenols is 1. The standard InChI is InChI=1S/C22H23N5O3/c1-3-4-20-17(7-10-19(15(2)28)22(20)29)14-30-18-8-5-16(6-9-18)13-21-24-25-26-27(21)12-11-23/h5-10,29H,3-4,12-14H2,1-2H3. The number of aromatic hydroxyl groups is 1. The molecule has 8 heteroatoms. The second-order valence-electron chi connectivity index (χ2n) is 6.93. The number of tetrazole rings is 1. The van der Waals surface area contributed by atoms with Gasteiger partial charge in [-0.2, -0.15) is 5.26 Å². The number of hydrogen-bond donors (Lipinski definition) is 1. The van der Waals surface area contributed by atoms with Crippen LogP contribution in [0, 0.1) is 11.3 Å². The van der Waals surface area contributed by atoms with Gasteiger partial charge in [-0.05, 0) is 53.1 Å². The third-order valence-electron chi connectivity index (χ3n) is 4.77. The fraction of sp³-hybridized carbons (Fsp3) is 0.318. The molecule has 1 aromatic heterocycles. The first-order chi connectivity index (χ1) is 14.5. The van der Waals surface area contributed by atoms with Crippen molar-refractivity contribution in [2.45, 2.75) is 46.3 Å². The van der Waals surface area contributed by atoms with Crippen molar-refractivity contribution >= 4 is 5.78 Å². The molecule has 0 aliphatic heterocycles. The molecule has 0 fully saturated rings. The van der Waals surface area contributed by atoms with Crippen molar-refractivity contribution in [1.82, 2.24) is 20.2 Å². The summed E-state index contributed by atoms with van der Waals surface area (Å²) in [5.74, 6) is 1.20. The number of nitrogens with zero attached hydrogens (tertiary/aromatic N) is 5. The molecule has 30 heavy (non-hydrogen) atoms. The molecule has 0 saturated heterocycles. The van der Waals surface area contributed by atoms with Gasteiger partial charge in [-0.15, -0.1) is 5.10 Å². The van der Waals surface area contributed by atoms with E-state index in [0.29, 0.717) is 36.6 Å². The number of carbonyl (C=O) groups excluding carboxylic acids is 1. The van der Waals surface area contributed by atoms with E-state index in [4.69, 9.17) is 10.00 Å². The van der Waals surface area contributed by atoms with Crippen molar-refractivity contribution in [3.8, 4) is 17.6 Å². The quantitative estimate of drug-likeness (QED) is 0.544. The lowest BCUT2D eigenvalue weighted by Gasteiger charge is -2.14. The zero-order valence-corrected chi connectivity index (χ0v) is 17.0. The highest BCUT2D eigenvalue weighted by Gasteiger charge is 2.15. The number of hydrogen-bond acceptors (Lipinski definition) is 7. The summed E-state index contributed by atoms with van der Waals surface area (Å²) in [6, 6.07) is 13.1. The van der Waals surface area contributed by atoms with Gasteiger partial charge in [0.25, 0.3) is 0 Å². The van der Waals surface area contributed by atoms with Gasteiger partial charge in [0.2, 0.25) is 0 Å². The second-order valence-corrected chi connectivity index (χ2v) is 6.93. The van der Waals surface area contributed by atoms with E-state index >= 15 is 0 Å². The molecule has 0 radical (unpaired) electrons. The number of Topliss-reactive ketones (excluding diaryl/α,β-unsaturated/α-hetero) is 1. The first-order valence-corrected chi connectivity index (χ1v) is 9.71. The van der Waals surface area contributed by atoms with Crippen molar-refractivity contribution in [3.63, 3.8) is 0 Å². The summed E-state index contributed by atoms with van der Waals surface area (Å²) in [7, 11) is 0. The first kappa shape index (κ1) is 21.0. The molecule has 0 bridgehead atoms. The predicted octanol–water partition coefficient (Wildman–Crippen LogP) is 3.23. The molecule has 0 saturated carbocycles. The van der Waals surface area contributed by atoms with Gasteiger partial charge >= 0.3 is 0 Å². The molecule has 0 unspecified atom stereocenters. The number of benzene rings is 2. The van der Waals surface area contributed by atoms with E-state index in [1.165, 1.54) is 11.6 Å². The fourth-order valence-electron chi connectivity index (χ4n) is 3.21. The summed E-state index contributed by atoms with van der Waals surface area (Å²) in [6.45, 7) is 3.87. The molecule has 0 spiro atoms. The van der Waals surface area contributed by atoms with Crippen LogP contribution in [0.1, 0.15) is 53.1 Å². The summed E-state index contributed by atoms with van der Waals surface area (Å²) < 4.78 is 7.37. The Bertz CT molecular complexity index is 1070. The van der Waals surface area contributed by atoms with Gasteiger partial charge in [-0.3, -0.25) is 4.79 Å². The van der Waals surface area contributed by atoms with Crippen LogP contribution in [0.5, 0.6) is 11.5 Å². The Kier molecular flexibility index (Phi) is 6.75. The maximum absolute atomic E-state index is 11.7. The summed E-state index contributed by atoms with van der Waals surface area (Å²) >= 11 is 0. The molecule has 0 aliphatic carbocycles. The molecule has 1 N–H and O–H groups in total. The van der Waals surface area contributed by atoms with Crippen LogP contribution >= 0.6 is 0 Å². The highest BCUT2D eigenvalue weighted by Crippen LogP contribution is 2.29. The maximum atomic E-state index is 11.7. The van der Waals surface area contributed by atoms with Gasteiger partial charge < -0.3 is 9.84 Å². The average Bonchev–Trinajstić information content (AvgIpc) is 3.16. The van der Waals surface area contributed by atoms with Gasteiger partial charge in [0.05, 0.1) is 11.6 Å². The summed E-state index contributed by atoms with van der Waals surface area (Å²) in [5, 5.41) is 30.7. The second kappa shape index (κ2) is 9.65. The Morgan fingerprint density at radius 3 is 2.67 bits per heavy atom. The van der Waals surface area contributed by atoms with E-state index in [2.05, 4.69) is 15.5 Å². The molecule has 3 rings (SSSR count). The molecule has 0 atom stereocenters. The molecule has 8 nitrogen and oxygen atoms in total. The summed E-state index contributed by atoms with van der Waals surface area (Å²) in [5.41, 5.74) is 2.95. The highest BCUT2D eigenvalue weighted by molar-refractivity contribution is 5.97. The van der Waals surface area contributed by atoms with Crippen LogP contribution in [0.15, 0.2) is 36.4 Å². The topological polar surface area (TPSA) is 114 Å². The van der Waals surface area contributed by atoms with Crippen molar-refractivity contribution in [2.75, 3.05) is 0 Å². The third kappa shape index (κ3) is 4.81. The fourth-order valence-corrected chi connectivity index (χ4v) is 3.21.